The molecule has 142 valence electrons. The summed E-state index contributed by atoms with van der Waals surface area (Å²) in [6.45, 7) is 1.94. The maximum absolute atomic E-state index is 12.3. The van der Waals surface area contributed by atoms with Crippen molar-refractivity contribution in [3.8, 4) is 5.75 Å². The number of aromatic nitrogens is 3. The minimum atomic E-state index is -0.495. The highest BCUT2D eigenvalue weighted by Crippen LogP contribution is 2.28. The van der Waals surface area contributed by atoms with E-state index in [4.69, 9.17) is 4.42 Å². The summed E-state index contributed by atoms with van der Waals surface area (Å²) in [4.78, 5) is 24.2. The monoisotopic (exact) mass is 395 g/mol. The van der Waals surface area contributed by atoms with Gasteiger partial charge in [-0.15, -0.1) is 5.10 Å². The van der Waals surface area contributed by atoms with Crippen LogP contribution in [0.25, 0.3) is 11.0 Å². The molecular formula is C20H17N3O4S. The molecule has 2 heterocycles. The van der Waals surface area contributed by atoms with E-state index in [0.29, 0.717) is 16.5 Å². The molecule has 8 heteroatoms. The molecule has 0 aliphatic heterocycles. The number of rotatable bonds is 5. The predicted molar refractivity (Wildman–Crippen MR) is 107 cm³/mol. The van der Waals surface area contributed by atoms with Gasteiger partial charge in [-0.1, -0.05) is 42.1 Å². The highest BCUT2D eigenvalue weighted by Gasteiger charge is 2.17. The van der Waals surface area contributed by atoms with Crippen LogP contribution in [0.5, 0.6) is 5.75 Å². The number of aromatic hydroxyl groups is 1. The van der Waals surface area contributed by atoms with Gasteiger partial charge in [-0.25, -0.2) is 14.7 Å². The number of phenols is 1. The Kier molecular flexibility index (Phi) is 4.79. The molecule has 0 amide bonds. The van der Waals surface area contributed by atoms with Crippen molar-refractivity contribution in [2.45, 2.75) is 23.9 Å². The maximum Gasteiger partial charge on any atom is 0.344 e. The standard InChI is InChI=1S/C20H17N3O4S/c1-12(13-5-3-2-4-6-13)23-19(26)21-22-20(23)28-11-14-9-18(25)27-17-10-15(24)7-8-16(14)17/h2-10,12,24H,11H2,1H3,(H,21,26)/t12-/m1/s1. The predicted octanol–water partition coefficient (Wildman–Crippen LogP) is 3.29. The topological polar surface area (TPSA) is 101 Å². The Morgan fingerprint density at radius 3 is 2.75 bits per heavy atom. The van der Waals surface area contributed by atoms with Gasteiger partial charge in [-0.3, -0.25) is 4.57 Å². The van der Waals surface area contributed by atoms with Gasteiger partial charge < -0.3 is 9.52 Å². The van der Waals surface area contributed by atoms with Gasteiger partial charge in [0.1, 0.15) is 11.3 Å². The van der Waals surface area contributed by atoms with Gasteiger partial charge in [0.15, 0.2) is 5.16 Å². The van der Waals surface area contributed by atoms with Crippen LogP contribution in [0, 0.1) is 0 Å². The van der Waals surface area contributed by atoms with Crippen molar-refractivity contribution in [3.05, 3.63) is 86.6 Å². The number of thioether (sulfide) groups is 1. The van der Waals surface area contributed by atoms with Gasteiger partial charge in [-0.2, -0.15) is 0 Å². The Labute approximate surface area is 163 Å². The first-order chi connectivity index (χ1) is 13.5. The van der Waals surface area contributed by atoms with Crippen LogP contribution >= 0.6 is 11.8 Å². The molecule has 0 bridgehead atoms. The summed E-state index contributed by atoms with van der Waals surface area (Å²) in [5, 5.41) is 17.5. The zero-order valence-electron chi connectivity index (χ0n) is 15.0. The van der Waals surface area contributed by atoms with Crippen molar-refractivity contribution in [2.24, 2.45) is 0 Å². The molecular weight excluding hydrogens is 378 g/mol. The summed E-state index contributed by atoms with van der Waals surface area (Å²) in [5.74, 6) is 0.442. The fourth-order valence-corrected chi connectivity index (χ4v) is 4.11. The Bertz CT molecular complexity index is 1240. The Balaban J connectivity index is 1.66. The zero-order valence-corrected chi connectivity index (χ0v) is 15.8. The van der Waals surface area contributed by atoms with Crippen LogP contribution in [0.3, 0.4) is 0 Å². The first-order valence-corrected chi connectivity index (χ1v) is 9.62. The molecule has 0 aliphatic carbocycles. The summed E-state index contributed by atoms with van der Waals surface area (Å²) in [6, 6.07) is 15.6. The molecule has 2 N–H and O–H groups in total. The smallest absolute Gasteiger partial charge is 0.344 e. The number of phenolic OH excluding ortho intramolecular Hbond substituents is 1. The number of nitrogens with one attached hydrogen (secondary N) is 1. The highest BCUT2D eigenvalue weighted by atomic mass is 32.2. The number of hydrogen-bond acceptors (Lipinski definition) is 6. The lowest BCUT2D eigenvalue weighted by Gasteiger charge is -2.14. The number of aromatic amines is 1. The summed E-state index contributed by atoms with van der Waals surface area (Å²) >= 11 is 1.35. The average molecular weight is 395 g/mol. The molecule has 0 fully saturated rings. The molecule has 0 unspecified atom stereocenters. The number of fused-ring (bicyclic) bond motifs is 1. The quantitative estimate of drug-likeness (QED) is 0.397. The number of nitrogens with zero attached hydrogens (tertiary/aromatic N) is 2. The lowest BCUT2D eigenvalue weighted by Crippen LogP contribution is -2.22. The van der Waals surface area contributed by atoms with Crippen molar-refractivity contribution in [3.63, 3.8) is 0 Å². The molecule has 2 aromatic carbocycles. The SMILES string of the molecule is C[C@H](c1ccccc1)n1c(SCc2cc(=O)oc3cc(O)ccc23)n[nH]c1=O. The van der Waals surface area contributed by atoms with E-state index < -0.39 is 5.63 Å². The largest absolute Gasteiger partial charge is 0.508 e. The number of H-pyrrole nitrogens is 1. The van der Waals surface area contributed by atoms with Crippen LogP contribution in [0.1, 0.15) is 24.1 Å². The fourth-order valence-electron chi connectivity index (χ4n) is 3.09. The van der Waals surface area contributed by atoms with Crippen molar-refractivity contribution >= 4 is 22.7 Å². The van der Waals surface area contributed by atoms with Gasteiger partial charge in [0.05, 0.1) is 6.04 Å². The second-order valence-electron chi connectivity index (χ2n) is 6.33. The van der Waals surface area contributed by atoms with Crippen LogP contribution in [0.4, 0.5) is 0 Å². The van der Waals surface area contributed by atoms with E-state index in [9.17, 15) is 14.7 Å². The van der Waals surface area contributed by atoms with E-state index in [1.54, 1.807) is 16.7 Å². The number of hydrogen-bond donors (Lipinski definition) is 2. The third-order valence-corrected chi connectivity index (χ3v) is 5.51. The maximum atomic E-state index is 12.3. The third-order valence-electron chi connectivity index (χ3n) is 4.51. The van der Waals surface area contributed by atoms with Crippen LogP contribution in [0.2, 0.25) is 0 Å². The Morgan fingerprint density at radius 1 is 1.18 bits per heavy atom. The highest BCUT2D eigenvalue weighted by molar-refractivity contribution is 7.98. The molecule has 1 atom stereocenters. The molecule has 0 spiro atoms. The minimum absolute atomic E-state index is 0.0262. The van der Waals surface area contributed by atoms with Gasteiger partial charge in [0.25, 0.3) is 0 Å². The summed E-state index contributed by atoms with van der Waals surface area (Å²) in [6.07, 6.45) is 0. The van der Waals surface area contributed by atoms with E-state index in [1.165, 1.54) is 23.9 Å². The van der Waals surface area contributed by atoms with E-state index >= 15 is 0 Å². The van der Waals surface area contributed by atoms with Crippen LogP contribution in [-0.2, 0) is 5.75 Å². The molecule has 0 saturated carbocycles. The van der Waals surface area contributed by atoms with Gasteiger partial charge in [0, 0.05) is 23.3 Å². The van der Waals surface area contributed by atoms with Crippen molar-refractivity contribution in [1.29, 1.82) is 0 Å². The second-order valence-corrected chi connectivity index (χ2v) is 7.27. The molecule has 4 rings (SSSR count). The molecule has 7 nitrogen and oxygen atoms in total. The van der Waals surface area contributed by atoms with Crippen molar-refractivity contribution in [2.75, 3.05) is 0 Å². The van der Waals surface area contributed by atoms with Gasteiger partial charge in [0.2, 0.25) is 0 Å². The molecule has 0 aliphatic rings. The normalized spacial score (nSPS) is 12.3. The first kappa shape index (κ1) is 18.1. The number of benzene rings is 2. The fraction of sp³-hybridized carbons (Fsp3) is 0.150. The summed E-state index contributed by atoms with van der Waals surface area (Å²) in [7, 11) is 0. The van der Waals surface area contributed by atoms with E-state index in [-0.39, 0.29) is 17.5 Å². The van der Waals surface area contributed by atoms with E-state index in [0.717, 1.165) is 16.5 Å². The molecule has 0 radical (unpaired) electrons. The second kappa shape index (κ2) is 7.40. The molecule has 28 heavy (non-hydrogen) atoms. The summed E-state index contributed by atoms with van der Waals surface area (Å²) in [5.41, 5.74) is 1.27. The lowest BCUT2D eigenvalue weighted by atomic mass is 10.1. The Hall–Kier alpha value is -3.26. The first-order valence-electron chi connectivity index (χ1n) is 8.63. The summed E-state index contributed by atoms with van der Waals surface area (Å²) < 4.78 is 6.75. The Morgan fingerprint density at radius 2 is 1.96 bits per heavy atom. The van der Waals surface area contributed by atoms with Gasteiger partial charge >= 0.3 is 11.3 Å². The minimum Gasteiger partial charge on any atom is -0.508 e. The molecule has 4 aromatic rings. The lowest BCUT2D eigenvalue weighted by molar-refractivity contribution is 0.473. The third kappa shape index (κ3) is 3.46. The van der Waals surface area contributed by atoms with E-state index in [1.807, 2.05) is 37.3 Å². The zero-order chi connectivity index (χ0) is 19.7. The van der Waals surface area contributed by atoms with Crippen LogP contribution in [0.15, 0.2) is 73.8 Å². The van der Waals surface area contributed by atoms with Crippen molar-refractivity contribution in [1.82, 2.24) is 14.8 Å². The molecule has 0 saturated heterocycles. The average Bonchev–Trinajstić information content (AvgIpc) is 3.06. The molecule has 2 aromatic heterocycles. The van der Waals surface area contributed by atoms with E-state index in [2.05, 4.69) is 10.2 Å². The van der Waals surface area contributed by atoms with Crippen molar-refractivity contribution < 1.29 is 9.52 Å². The van der Waals surface area contributed by atoms with Gasteiger partial charge in [-0.05, 0) is 30.2 Å². The van der Waals surface area contributed by atoms with Crippen LogP contribution < -0.4 is 11.3 Å². The van der Waals surface area contributed by atoms with Crippen LogP contribution in [-0.4, -0.2) is 19.9 Å².